The molecular formula is C15H10N4O. The number of hydrogen-bond acceptors (Lipinski definition) is 4. The summed E-state index contributed by atoms with van der Waals surface area (Å²) in [5, 5.41) is 18.8. The Kier molecular flexibility index (Phi) is 3.13. The lowest BCUT2D eigenvalue weighted by Gasteiger charge is -2.04. The Balaban J connectivity index is 1.80. The Morgan fingerprint density at radius 2 is 1.60 bits per heavy atom. The van der Waals surface area contributed by atoms with E-state index in [0.717, 1.165) is 11.1 Å². The smallest absolute Gasteiger partial charge is 0.258 e. The molecule has 2 aromatic carbocycles. The number of nitrogens with zero attached hydrogens (tertiary/aromatic N) is 3. The predicted octanol–water partition coefficient (Wildman–Crippen LogP) is 3.14. The van der Waals surface area contributed by atoms with Crippen molar-refractivity contribution in [2.75, 3.05) is 0 Å². The molecule has 0 bridgehead atoms. The molecule has 0 radical (unpaired) electrons. The van der Waals surface area contributed by atoms with Crippen molar-refractivity contribution in [3.8, 4) is 28.8 Å². The Morgan fingerprint density at radius 1 is 0.950 bits per heavy atom. The lowest BCUT2D eigenvalue weighted by Crippen LogP contribution is -1.85. The molecule has 0 fully saturated rings. The molecule has 20 heavy (non-hydrogen) atoms. The van der Waals surface area contributed by atoms with E-state index >= 15 is 0 Å². The van der Waals surface area contributed by atoms with Gasteiger partial charge in [-0.15, -0.1) is 5.10 Å². The fraction of sp³-hybridized carbons (Fsp3) is 0. The summed E-state index contributed by atoms with van der Waals surface area (Å²) >= 11 is 0. The molecule has 0 amide bonds. The SMILES string of the molecule is N#Cc1ccc(-c2ccc(Oc3cn[nH]n3)cc2)cc1. The van der Waals surface area contributed by atoms with Crippen LogP contribution in [0.5, 0.6) is 11.6 Å². The monoisotopic (exact) mass is 262 g/mol. The quantitative estimate of drug-likeness (QED) is 0.786. The summed E-state index contributed by atoms with van der Waals surface area (Å²) < 4.78 is 5.50. The van der Waals surface area contributed by atoms with E-state index in [4.69, 9.17) is 10.00 Å². The minimum atomic E-state index is 0.427. The molecule has 0 saturated carbocycles. The van der Waals surface area contributed by atoms with Gasteiger partial charge in [-0.1, -0.05) is 24.3 Å². The van der Waals surface area contributed by atoms with Gasteiger partial charge in [-0.3, -0.25) is 0 Å². The largest absolute Gasteiger partial charge is 0.436 e. The number of benzene rings is 2. The van der Waals surface area contributed by atoms with Crippen LogP contribution in [0.15, 0.2) is 54.7 Å². The summed E-state index contributed by atoms with van der Waals surface area (Å²) in [6.07, 6.45) is 1.51. The van der Waals surface area contributed by atoms with E-state index in [0.29, 0.717) is 17.2 Å². The molecule has 5 nitrogen and oxygen atoms in total. The van der Waals surface area contributed by atoms with Gasteiger partial charge in [0, 0.05) is 0 Å². The minimum Gasteiger partial charge on any atom is -0.436 e. The predicted molar refractivity (Wildman–Crippen MR) is 73.0 cm³/mol. The van der Waals surface area contributed by atoms with E-state index in [9.17, 15) is 0 Å². The number of aromatic nitrogens is 3. The van der Waals surface area contributed by atoms with E-state index in [2.05, 4.69) is 21.5 Å². The van der Waals surface area contributed by atoms with Crippen molar-refractivity contribution in [3.05, 3.63) is 60.3 Å². The van der Waals surface area contributed by atoms with Crippen LogP contribution < -0.4 is 4.74 Å². The van der Waals surface area contributed by atoms with Crippen molar-refractivity contribution < 1.29 is 4.74 Å². The second-order valence-electron chi connectivity index (χ2n) is 4.12. The molecule has 0 spiro atoms. The Labute approximate surface area is 115 Å². The first-order valence-electron chi connectivity index (χ1n) is 5.99. The maximum absolute atomic E-state index is 8.78. The molecule has 3 aromatic rings. The topological polar surface area (TPSA) is 74.6 Å². The van der Waals surface area contributed by atoms with E-state index < -0.39 is 0 Å². The lowest BCUT2D eigenvalue weighted by molar-refractivity contribution is 0.461. The zero-order valence-corrected chi connectivity index (χ0v) is 10.4. The maximum Gasteiger partial charge on any atom is 0.258 e. The van der Waals surface area contributed by atoms with Gasteiger partial charge in [0.05, 0.1) is 11.6 Å². The number of ether oxygens (including phenoxy) is 1. The number of H-pyrrole nitrogens is 1. The summed E-state index contributed by atoms with van der Waals surface area (Å²) in [6.45, 7) is 0. The normalized spacial score (nSPS) is 9.95. The summed E-state index contributed by atoms with van der Waals surface area (Å²) in [4.78, 5) is 0. The Bertz CT molecular complexity index is 725. The van der Waals surface area contributed by atoms with Gasteiger partial charge < -0.3 is 4.74 Å². The fourth-order valence-electron chi connectivity index (χ4n) is 1.81. The molecule has 1 aromatic heterocycles. The van der Waals surface area contributed by atoms with Gasteiger partial charge in [-0.05, 0) is 35.4 Å². The standard InChI is InChI=1S/C15H10N4O/c16-9-11-1-3-12(4-2-11)13-5-7-14(8-6-13)20-15-10-17-19-18-15/h1-8,10H,(H,17,18,19). The third-order valence-electron chi connectivity index (χ3n) is 2.82. The number of nitrogens with one attached hydrogen (secondary N) is 1. The van der Waals surface area contributed by atoms with E-state index in [1.165, 1.54) is 6.20 Å². The van der Waals surface area contributed by atoms with Crippen LogP contribution in [0, 0.1) is 11.3 Å². The molecule has 0 aliphatic carbocycles. The van der Waals surface area contributed by atoms with Crippen LogP contribution in [0.25, 0.3) is 11.1 Å². The number of nitriles is 1. The summed E-state index contributed by atoms with van der Waals surface area (Å²) in [7, 11) is 0. The fourth-order valence-corrected chi connectivity index (χ4v) is 1.81. The average Bonchev–Trinajstić information content (AvgIpc) is 3.01. The zero-order chi connectivity index (χ0) is 13.8. The Morgan fingerprint density at radius 3 is 2.15 bits per heavy atom. The minimum absolute atomic E-state index is 0.427. The molecular weight excluding hydrogens is 252 g/mol. The first-order valence-corrected chi connectivity index (χ1v) is 5.99. The van der Waals surface area contributed by atoms with Gasteiger partial charge in [0.1, 0.15) is 11.9 Å². The van der Waals surface area contributed by atoms with E-state index in [1.807, 2.05) is 36.4 Å². The first kappa shape index (κ1) is 11.9. The van der Waals surface area contributed by atoms with E-state index in [-0.39, 0.29) is 0 Å². The highest BCUT2D eigenvalue weighted by molar-refractivity contribution is 5.65. The summed E-state index contributed by atoms with van der Waals surface area (Å²) in [5.74, 6) is 1.12. The third kappa shape index (κ3) is 2.49. The van der Waals surface area contributed by atoms with Crippen LogP contribution in [0.3, 0.4) is 0 Å². The van der Waals surface area contributed by atoms with Crippen LogP contribution in [0.2, 0.25) is 0 Å². The second kappa shape index (κ2) is 5.24. The zero-order valence-electron chi connectivity index (χ0n) is 10.4. The van der Waals surface area contributed by atoms with Crippen LogP contribution in [-0.4, -0.2) is 15.4 Å². The second-order valence-corrected chi connectivity index (χ2v) is 4.12. The maximum atomic E-state index is 8.78. The molecule has 1 heterocycles. The molecule has 96 valence electrons. The molecule has 1 N–H and O–H groups in total. The van der Waals surface area contributed by atoms with Crippen molar-refractivity contribution >= 4 is 0 Å². The molecule has 3 rings (SSSR count). The van der Waals surface area contributed by atoms with Crippen molar-refractivity contribution in [1.29, 1.82) is 5.26 Å². The van der Waals surface area contributed by atoms with Gasteiger partial charge in [-0.25, -0.2) is 0 Å². The molecule has 0 aliphatic rings. The van der Waals surface area contributed by atoms with Crippen LogP contribution in [0.4, 0.5) is 0 Å². The van der Waals surface area contributed by atoms with E-state index in [1.54, 1.807) is 12.1 Å². The third-order valence-corrected chi connectivity index (χ3v) is 2.82. The number of hydrogen-bond donors (Lipinski definition) is 1. The molecule has 5 heteroatoms. The van der Waals surface area contributed by atoms with Crippen LogP contribution >= 0.6 is 0 Å². The highest BCUT2D eigenvalue weighted by Crippen LogP contribution is 2.24. The highest BCUT2D eigenvalue weighted by Gasteiger charge is 2.01. The molecule has 0 atom stereocenters. The number of aromatic amines is 1. The highest BCUT2D eigenvalue weighted by atomic mass is 16.5. The molecule has 0 unspecified atom stereocenters. The number of rotatable bonds is 3. The van der Waals surface area contributed by atoms with Crippen molar-refractivity contribution in [2.45, 2.75) is 0 Å². The Hall–Kier alpha value is -3.13. The first-order chi connectivity index (χ1) is 9.85. The van der Waals surface area contributed by atoms with Crippen LogP contribution in [0.1, 0.15) is 5.56 Å². The van der Waals surface area contributed by atoms with Crippen molar-refractivity contribution in [2.24, 2.45) is 0 Å². The molecule has 0 aliphatic heterocycles. The van der Waals surface area contributed by atoms with Gasteiger partial charge >= 0.3 is 0 Å². The summed E-state index contributed by atoms with van der Waals surface area (Å²) in [6, 6.07) is 17.2. The average molecular weight is 262 g/mol. The van der Waals surface area contributed by atoms with Gasteiger partial charge in [0.15, 0.2) is 0 Å². The van der Waals surface area contributed by atoms with Crippen molar-refractivity contribution in [3.63, 3.8) is 0 Å². The van der Waals surface area contributed by atoms with Gasteiger partial charge in [0.2, 0.25) is 0 Å². The lowest BCUT2D eigenvalue weighted by atomic mass is 10.0. The molecule has 0 saturated heterocycles. The van der Waals surface area contributed by atoms with Crippen molar-refractivity contribution in [1.82, 2.24) is 15.4 Å². The summed E-state index contributed by atoms with van der Waals surface area (Å²) in [5.41, 5.74) is 2.76. The van der Waals surface area contributed by atoms with Gasteiger partial charge in [0.25, 0.3) is 5.88 Å². The van der Waals surface area contributed by atoms with Crippen LogP contribution in [-0.2, 0) is 0 Å². The van der Waals surface area contributed by atoms with Gasteiger partial charge in [-0.2, -0.15) is 15.6 Å².